The summed E-state index contributed by atoms with van der Waals surface area (Å²) in [5, 5.41) is 9.86. The Morgan fingerprint density at radius 1 is 0.935 bits per heavy atom. The van der Waals surface area contributed by atoms with Crippen LogP contribution in [-0.2, 0) is 33.7 Å². The Bertz CT molecular complexity index is 978. The Labute approximate surface area is 183 Å². The van der Waals surface area contributed by atoms with Crippen LogP contribution in [0, 0.1) is 5.92 Å². The van der Waals surface area contributed by atoms with Crippen molar-refractivity contribution in [1.29, 1.82) is 0 Å². The third-order valence-electron chi connectivity index (χ3n) is 4.94. The van der Waals surface area contributed by atoms with E-state index in [-0.39, 0.29) is 18.3 Å². The van der Waals surface area contributed by atoms with Crippen LogP contribution >= 0.6 is 0 Å². The summed E-state index contributed by atoms with van der Waals surface area (Å²) < 4.78 is 5.61. The van der Waals surface area contributed by atoms with Crippen LogP contribution in [0.15, 0.2) is 66.7 Å². The number of nitrogens with two attached hydrogens (primary N) is 1. The molecule has 0 aromatic heterocycles. The largest absolute Gasteiger partial charge is 0.481 e. The first-order chi connectivity index (χ1) is 14.9. The van der Waals surface area contributed by atoms with Crippen molar-refractivity contribution in [2.45, 2.75) is 33.2 Å². The number of hydrogen-bond acceptors (Lipinski definition) is 4. The maximum atomic E-state index is 12.4. The molecule has 5 heteroatoms. The highest BCUT2D eigenvalue weighted by Gasteiger charge is 2.14. The average Bonchev–Trinajstić information content (AvgIpc) is 2.76. The molecule has 164 valence electrons. The van der Waals surface area contributed by atoms with Gasteiger partial charge in [0.25, 0.3) is 5.97 Å². The Hall–Kier alpha value is -3.02. The summed E-state index contributed by atoms with van der Waals surface area (Å²) >= 11 is 0. The van der Waals surface area contributed by atoms with Crippen molar-refractivity contribution in [2.24, 2.45) is 11.7 Å². The summed E-state index contributed by atoms with van der Waals surface area (Å²) in [5.74, 6) is -0.725. The zero-order chi connectivity index (χ0) is 22.6. The molecule has 0 unspecified atom stereocenters. The van der Waals surface area contributed by atoms with Crippen LogP contribution in [0.2, 0.25) is 0 Å². The van der Waals surface area contributed by atoms with E-state index in [1.807, 2.05) is 31.2 Å². The second-order valence-corrected chi connectivity index (χ2v) is 7.60. The normalized spacial score (nSPS) is 11.5. The second kappa shape index (κ2) is 12.6. The van der Waals surface area contributed by atoms with Crippen molar-refractivity contribution >= 4 is 22.5 Å². The van der Waals surface area contributed by atoms with E-state index in [2.05, 4.69) is 42.5 Å². The highest BCUT2D eigenvalue weighted by Crippen LogP contribution is 2.18. The number of carboxylic acids is 1. The van der Waals surface area contributed by atoms with Gasteiger partial charge in [0.1, 0.15) is 6.61 Å². The second-order valence-electron chi connectivity index (χ2n) is 7.60. The van der Waals surface area contributed by atoms with Crippen molar-refractivity contribution in [2.75, 3.05) is 13.2 Å². The fourth-order valence-electron chi connectivity index (χ4n) is 3.18. The van der Waals surface area contributed by atoms with Gasteiger partial charge in [-0.1, -0.05) is 73.7 Å². The molecule has 0 heterocycles. The molecular weight excluding hydrogens is 390 g/mol. The lowest BCUT2D eigenvalue weighted by molar-refractivity contribution is -0.134. The van der Waals surface area contributed by atoms with Crippen LogP contribution in [-0.4, -0.2) is 30.1 Å². The quantitative estimate of drug-likeness (QED) is 0.500. The van der Waals surface area contributed by atoms with E-state index in [1.165, 1.54) is 21.9 Å². The number of carbonyl (C=O) groups excluding carboxylic acids is 1. The van der Waals surface area contributed by atoms with E-state index >= 15 is 0 Å². The van der Waals surface area contributed by atoms with Crippen LogP contribution in [0.5, 0.6) is 0 Å². The molecule has 0 aliphatic rings. The average molecular weight is 422 g/mol. The number of carboxylic acid groups (broad SMARTS) is 1. The van der Waals surface area contributed by atoms with Crippen molar-refractivity contribution in [1.82, 2.24) is 0 Å². The summed E-state index contributed by atoms with van der Waals surface area (Å²) in [6.45, 7) is 4.35. The van der Waals surface area contributed by atoms with Crippen molar-refractivity contribution in [3.8, 4) is 0 Å². The van der Waals surface area contributed by atoms with Gasteiger partial charge in [-0.05, 0) is 40.3 Å². The van der Waals surface area contributed by atoms with Crippen LogP contribution in [0.3, 0.4) is 0 Å². The van der Waals surface area contributed by atoms with Gasteiger partial charge < -0.3 is 15.6 Å². The first-order valence-electron chi connectivity index (χ1n) is 10.4. The van der Waals surface area contributed by atoms with E-state index < -0.39 is 5.97 Å². The molecule has 5 nitrogen and oxygen atoms in total. The van der Waals surface area contributed by atoms with Crippen molar-refractivity contribution < 1.29 is 19.4 Å². The fourth-order valence-corrected chi connectivity index (χ4v) is 3.18. The zero-order valence-electron chi connectivity index (χ0n) is 18.2. The van der Waals surface area contributed by atoms with Gasteiger partial charge in [0.2, 0.25) is 0 Å². The first-order valence-corrected chi connectivity index (χ1v) is 10.4. The highest BCUT2D eigenvalue weighted by molar-refractivity contribution is 5.84. The summed E-state index contributed by atoms with van der Waals surface area (Å²) in [4.78, 5) is 21.4. The molecule has 1 atom stereocenters. The third kappa shape index (κ3) is 8.70. The van der Waals surface area contributed by atoms with Gasteiger partial charge in [0.05, 0.1) is 6.61 Å². The lowest BCUT2D eigenvalue weighted by Gasteiger charge is -2.12. The number of rotatable bonds is 9. The predicted molar refractivity (Wildman–Crippen MR) is 124 cm³/mol. The number of aliphatic carboxylic acids is 1. The molecule has 3 aromatic carbocycles. The van der Waals surface area contributed by atoms with Gasteiger partial charge in [-0.25, -0.2) is 0 Å². The van der Waals surface area contributed by atoms with Gasteiger partial charge in [-0.3, -0.25) is 9.59 Å². The Morgan fingerprint density at radius 3 is 2.16 bits per heavy atom. The minimum absolute atomic E-state index is 0.0463. The van der Waals surface area contributed by atoms with Gasteiger partial charge in [0.15, 0.2) is 5.78 Å². The molecule has 0 amide bonds. The van der Waals surface area contributed by atoms with E-state index in [4.69, 9.17) is 20.4 Å². The molecule has 0 aliphatic carbocycles. The topological polar surface area (TPSA) is 89.6 Å². The van der Waals surface area contributed by atoms with E-state index in [9.17, 15) is 4.79 Å². The highest BCUT2D eigenvalue weighted by atomic mass is 16.5. The van der Waals surface area contributed by atoms with Crippen LogP contribution < -0.4 is 5.73 Å². The molecule has 0 saturated heterocycles. The standard InChI is InChI=1S/C24H27NO2.C2H4O2/c1-18(14-21-10-11-22-4-2-3-5-23(22)15-21)24(26)17-27-13-12-19-6-8-20(16-25)9-7-19;1-2(3)4/h2-11,15,18H,12-14,16-17,25H2,1H3;1H3,(H,3,4)/t18-;/m1./s1. The van der Waals surface area contributed by atoms with Crippen LogP contribution in [0.1, 0.15) is 30.5 Å². The van der Waals surface area contributed by atoms with E-state index in [0.29, 0.717) is 13.2 Å². The lowest BCUT2D eigenvalue weighted by atomic mass is 9.95. The number of ketones is 1. The Morgan fingerprint density at radius 2 is 1.52 bits per heavy atom. The minimum Gasteiger partial charge on any atom is -0.481 e. The Balaban J connectivity index is 0.000000785. The van der Waals surface area contributed by atoms with Crippen molar-refractivity contribution in [3.63, 3.8) is 0 Å². The number of Topliss-reactive ketones (excluding diaryl/α,β-unsaturated/α-hetero) is 1. The molecule has 3 aromatic rings. The molecule has 0 saturated carbocycles. The monoisotopic (exact) mass is 421 g/mol. The molecule has 0 aliphatic heterocycles. The summed E-state index contributed by atoms with van der Waals surface area (Å²) in [5.41, 5.74) is 9.11. The number of hydrogen-bond donors (Lipinski definition) is 2. The zero-order valence-corrected chi connectivity index (χ0v) is 18.2. The summed E-state index contributed by atoms with van der Waals surface area (Å²) in [6.07, 6.45) is 1.55. The summed E-state index contributed by atoms with van der Waals surface area (Å²) in [7, 11) is 0. The van der Waals surface area contributed by atoms with E-state index in [0.717, 1.165) is 25.3 Å². The minimum atomic E-state index is -0.833. The molecular formula is C26H31NO4. The lowest BCUT2D eigenvalue weighted by Crippen LogP contribution is -2.20. The summed E-state index contributed by atoms with van der Waals surface area (Å²) in [6, 6.07) is 22.9. The molecule has 0 radical (unpaired) electrons. The van der Waals surface area contributed by atoms with Gasteiger partial charge in [0, 0.05) is 19.4 Å². The van der Waals surface area contributed by atoms with Crippen LogP contribution in [0.25, 0.3) is 10.8 Å². The smallest absolute Gasteiger partial charge is 0.300 e. The van der Waals surface area contributed by atoms with E-state index in [1.54, 1.807) is 0 Å². The molecule has 0 spiro atoms. The first kappa shape index (κ1) is 24.3. The van der Waals surface area contributed by atoms with Gasteiger partial charge in [-0.2, -0.15) is 0 Å². The predicted octanol–water partition coefficient (Wildman–Crippen LogP) is 4.40. The SMILES string of the molecule is CC(=O)O.C[C@H](Cc1ccc2ccccc2c1)C(=O)COCCc1ccc(CN)cc1. The maximum Gasteiger partial charge on any atom is 0.300 e. The van der Waals surface area contributed by atoms with Crippen LogP contribution in [0.4, 0.5) is 0 Å². The number of benzene rings is 3. The van der Waals surface area contributed by atoms with Crippen molar-refractivity contribution in [3.05, 3.63) is 83.4 Å². The molecule has 0 fully saturated rings. The van der Waals surface area contributed by atoms with Gasteiger partial charge in [-0.15, -0.1) is 0 Å². The van der Waals surface area contributed by atoms with Gasteiger partial charge >= 0.3 is 0 Å². The number of ether oxygens (including phenoxy) is 1. The number of fused-ring (bicyclic) bond motifs is 1. The molecule has 31 heavy (non-hydrogen) atoms. The molecule has 3 N–H and O–H groups in total. The molecule has 3 rings (SSSR count). The third-order valence-corrected chi connectivity index (χ3v) is 4.94. The Kier molecular flexibility index (Phi) is 9.88. The fraction of sp³-hybridized carbons (Fsp3) is 0.308. The maximum absolute atomic E-state index is 12.4. The molecule has 0 bridgehead atoms. The number of carbonyl (C=O) groups is 2.